The molecule has 0 aliphatic carbocycles. The molecule has 124 valence electrons. The molecule has 2 fully saturated rings. The first-order chi connectivity index (χ1) is 11.1. The Morgan fingerprint density at radius 2 is 2.26 bits per heavy atom. The summed E-state index contributed by atoms with van der Waals surface area (Å²) in [5, 5.41) is 3.32. The van der Waals surface area contributed by atoms with Crippen molar-refractivity contribution in [1.82, 2.24) is 10.2 Å². The summed E-state index contributed by atoms with van der Waals surface area (Å²) in [6.07, 6.45) is 0. The SMILES string of the molecule is CCOc1ccc(C(=O)N2C[C@H]3COC[C@@H](C2)C(=O)N3)cc1Cl. The molecule has 0 spiro atoms. The second kappa shape index (κ2) is 6.76. The lowest BCUT2D eigenvalue weighted by molar-refractivity contribution is -0.125. The van der Waals surface area contributed by atoms with E-state index in [0.717, 1.165) is 0 Å². The van der Waals surface area contributed by atoms with Gasteiger partial charge in [-0.1, -0.05) is 11.6 Å². The van der Waals surface area contributed by atoms with Gasteiger partial charge < -0.3 is 19.7 Å². The van der Waals surface area contributed by atoms with Gasteiger partial charge in [-0.3, -0.25) is 9.59 Å². The fourth-order valence-electron chi connectivity index (χ4n) is 2.88. The summed E-state index contributed by atoms with van der Waals surface area (Å²) in [5.41, 5.74) is 0.492. The molecule has 3 rings (SSSR count). The number of hydrogen-bond donors (Lipinski definition) is 1. The zero-order valence-corrected chi connectivity index (χ0v) is 13.6. The quantitative estimate of drug-likeness (QED) is 0.902. The number of nitrogens with zero attached hydrogens (tertiary/aromatic N) is 1. The normalized spacial score (nSPS) is 23.9. The number of hydrogen-bond acceptors (Lipinski definition) is 4. The molecule has 1 N–H and O–H groups in total. The number of carbonyl (C=O) groups excluding carboxylic acids is 2. The van der Waals surface area contributed by atoms with Gasteiger partial charge in [-0.15, -0.1) is 0 Å². The van der Waals surface area contributed by atoms with Crippen LogP contribution in [0, 0.1) is 5.92 Å². The van der Waals surface area contributed by atoms with Crippen molar-refractivity contribution < 1.29 is 19.1 Å². The van der Waals surface area contributed by atoms with E-state index in [-0.39, 0.29) is 23.8 Å². The van der Waals surface area contributed by atoms with Gasteiger partial charge >= 0.3 is 0 Å². The predicted molar refractivity (Wildman–Crippen MR) is 84.8 cm³/mol. The number of nitrogens with one attached hydrogen (secondary N) is 1. The van der Waals surface area contributed by atoms with Gasteiger partial charge in [-0.2, -0.15) is 0 Å². The maximum absolute atomic E-state index is 12.8. The number of carbonyl (C=O) groups is 2. The van der Waals surface area contributed by atoms with Gasteiger partial charge in [-0.05, 0) is 25.1 Å². The first-order valence-corrected chi connectivity index (χ1v) is 8.06. The molecule has 2 aliphatic heterocycles. The molecular weight excluding hydrogens is 320 g/mol. The van der Waals surface area contributed by atoms with Gasteiger partial charge in [0.2, 0.25) is 5.91 Å². The number of rotatable bonds is 3. The Bertz CT molecular complexity index is 622. The molecule has 2 bridgehead atoms. The van der Waals surface area contributed by atoms with Gasteiger partial charge in [0.05, 0.1) is 36.8 Å². The molecule has 2 amide bonds. The molecule has 0 unspecified atom stereocenters. The Morgan fingerprint density at radius 1 is 1.43 bits per heavy atom. The minimum atomic E-state index is -0.329. The Kier molecular flexibility index (Phi) is 4.73. The monoisotopic (exact) mass is 338 g/mol. The molecule has 2 saturated heterocycles. The van der Waals surface area contributed by atoms with Crippen LogP contribution in [0.15, 0.2) is 18.2 Å². The Balaban J connectivity index is 1.80. The highest BCUT2D eigenvalue weighted by Gasteiger charge is 2.35. The number of benzene rings is 1. The highest BCUT2D eigenvalue weighted by atomic mass is 35.5. The summed E-state index contributed by atoms with van der Waals surface area (Å²) in [6, 6.07) is 4.84. The topological polar surface area (TPSA) is 67.9 Å². The molecular formula is C16H19ClN2O4. The molecule has 0 saturated carbocycles. The van der Waals surface area contributed by atoms with E-state index < -0.39 is 0 Å². The van der Waals surface area contributed by atoms with Crippen LogP contribution in [0.1, 0.15) is 17.3 Å². The standard InChI is InChI=1S/C16H19ClN2O4/c1-2-23-14-4-3-10(5-13(14)17)16(21)19-6-11-8-22-9-12(7-19)18-15(11)20/h3-5,11-12H,2,6-9H2,1H3,(H,18,20)/t11-,12+/m1/s1. The smallest absolute Gasteiger partial charge is 0.254 e. The number of amides is 2. The van der Waals surface area contributed by atoms with Crippen molar-refractivity contribution in [3.8, 4) is 5.75 Å². The van der Waals surface area contributed by atoms with E-state index >= 15 is 0 Å². The lowest BCUT2D eigenvalue weighted by atomic mass is 10.1. The molecule has 0 aromatic heterocycles. The fraction of sp³-hybridized carbons (Fsp3) is 0.500. The second-order valence-corrected chi connectivity index (χ2v) is 6.14. The zero-order chi connectivity index (χ0) is 16.4. The maximum atomic E-state index is 12.8. The third-order valence-electron chi connectivity index (χ3n) is 4.00. The number of ether oxygens (including phenoxy) is 2. The van der Waals surface area contributed by atoms with E-state index in [0.29, 0.717) is 49.2 Å². The lowest BCUT2D eigenvalue weighted by Gasteiger charge is -2.27. The van der Waals surface area contributed by atoms with Crippen molar-refractivity contribution in [1.29, 1.82) is 0 Å². The van der Waals surface area contributed by atoms with Crippen LogP contribution >= 0.6 is 11.6 Å². The Hall–Kier alpha value is -1.79. The molecule has 2 aliphatic rings. The lowest BCUT2D eigenvalue weighted by Crippen LogP contribution is -2.44. The summed E-state index contributed by atoms with van der Waals surface area (Å²) in [6.45, 7) is 3.94. The molecule has 7 heteroatoms. The maximum Gasteiger partial charge on any atom is 0.254 e. The van der Waals surface area contributed by atoms with Crippen LogP contribution in [0.2, 0.25) is 5.02 Å². The van der Waals surface area contributed by atoms with Crippen LogP contribution in [0.4, 0.5) is 0 Å². The summed E-state index contributed by atoms with van der Waals surface area (Å²) >= 11 is 6.16. The Labute approximate surface area is 139 Å². The third kappa shape index (κ3) is 3.43. The van der Waals surface area contributed by atoms with Gasteiger partial charge in [0.1, 0.15) is 5.75 Å². The van der Waals surface area contributed by atoms with Crippen molar-refractivity contribution in [2.45, 2.75) is 13.0 Å². The molecule has 2 atom stereocenters. The molecule has 2 heterocycles. The summed E-state index contributed by atoms with van der Waals surface area (Å²) in [7, 11) is 0. The fourth-order valence-corrected chi connectivity index (χ4v) is 3.12. The third-order valence-corrected chi connectivity index (χ3v) is 4.30. The second-order valence-electron chi connectivity index (χ2n) is 5.73. The number of fused-ring (bicyclic) bond motifs is 3. The van der Waals surface area contributed by atoms with Crippen molar-refractivity contribution in [2.75, 3.05) is 32.9 Å². The van der Waals surface area contributed by atoms with E-state index in [1.807, 2.05) is 6.92 Å². The average Bonchev–Trinajstić information content (AvgIpc) is 2.77. The van der Waals surface area contributed by atoms with Gasteiger partial charge in [-0.25, -0.2) is 0 Å². The molecule has 1 aromatic carbocycles. The van der Waals surface area contributed by atoms with Crippen molar-refractivity contribution in [3.05, 3.63) is 28.8 Å². The highest BCUT2D eigenvalue weighted by Crippen LogP contribution is 2.26. The summed E-state index contributed by atoms with van der Waals surface area (Å²) in [4.78, 5) is 26.5. The summed E-state index contributed by atoms with van der Waals surface area (Å²) < 4.78 is 10.9. The largest absolute Gasteiger partial charge is 0.492 e. The van der Waals surface area contributed by atoms with Gasteiger partial charge in [0.15, 0.2) is 0 Å². The van der Waals surface area contributed by atoms with Gasteiger partial charge in [0, 0.05) is 18.7 Å². The predicted octanol–water partition coefficient (Wildman–Crippen LogP) is 1.33. The molecule has 0 radical (unpaired) electrons. The first-order valence-electron chi connectivity index (χ1n) is 7.68. The molecule has 23 heavy (non-hydrogen) atoms. The zero-order valence-electron chi connectivity index (χ0n) is 12.9. The van der Waals surface area contributed by atoms with Crippen molar-refractivity contribution in [2.24, 2.45) is 5.92 Å². The van der Waals surface area contributed by atoms with Crippen LogP contribution < -0.4 is 10.1 Å². The average molecular weight is 339 g/mol. The molecule has 6 nitrogen and oxygen atoms in total. The minimum Gasteiger partial charge on any atom is -0.492 e. The van der Waals surface area contributed by atoms with Crippen molar-refractivity contribution >= 4 is 23.4 Å². The van der Waals surface area contributed by atoms with Crippen LogP contribution in [0.25, 0.3) is 0 Å². The van der Waals surface area contributed by atoms with Gasteiger partial charge in [0.25, 0.3) is 5.91 Å². The minimum absolute atomic E-state index is 0.0486. The van der Waals surface area contributed by atoms with Crippen LogP contribution in [-0.2, 0) is 9.53 Å². The first kappa shape index (κ1) is 16.1. The molecule has 1 aromatic rings. The van der Waals surface area contributed by atoms with E-state index in [1.54, 1.807) is 23.1 Å². The van der Waals surface area contributed by atoms with E-state index in [4.69, 9.17) is 21.1 Å². The highest BCUT2D eigenvalue weighted by molar-refractivity contribution is 6.32. The van der Waals surface area contributed by atoms with E-state index in [9.17, 15) is 9.59 Å². The number of halogens is 1. The summed E-state index contributed by atoms with van der Waals surface area (Å²) in [5.74, 6) is 0.0455. The van der Waals surface area contributed by atoms with Crippen molar-refractivity contribution in [3.63, 3.8) is 0 Å². The van der Waals surface area contributed by atoms with E-state index in [1.165, 1.54) is 0 Å². The van der Waals surface area contributed by atoms with Crippen LogP contribution in [0.3, 0.4) is 0 Å². The van der Waals surface area contributed by atoms with Crippen LogP contribution in [0.5, 0.6) is 5.75 Å². The van der Waals surface area contributed by atoms with Crippen LogP contribution in [-0.4, -0.2) is 55.7 Å². The van der Waals surface area contributed by atoms with E-state index in [2.05, 4.69) is 5.32 Å². The Morgan fingerprint density at radius 3 is 3.00 bits per heavy atom.